The zero-order chi connectivity index (χ0) is 17.8. The van der Waals surface area contributed by atoms with E-state index in [-0.39, 0.29) is 5.04 Å². The molecule has 1 aromatic heterocycles. The van der Waals surface area contributed by atoms with E-state index in [1.807, 2.05) is 6.20 Å². The Morgan fingerprint density at radius 1 is 1.22 bits per heavy atom. The molecular formula is C19H36N2OSi. The molecule has 0 aliphatic heterocycles. The van der Waals surface area contributed by atoms with Gasteiger partial charge in [-0.05, 0) is 61.4 Å². The maximum atomic E-state index is 6.24. The molecule has 1 aromatic rings. The highest BCUT2D eigenvalue weighted by molar-refractivity contribution is 6.74. The van der Waals surface area contributed by atoms with Crippen LogP contribution >= 0.6 is 0 Å². The van der Waals surface area contributed by atoms with Gasteiger partial charge < -0.3 is 10.2 Å². The third kappa shape index (κ3) is 5.32. The summed E-state index contributed by atoms with van der Waals surface area (Å²) in [6.07, 6.45) is 5.26. The number of unbranched alkanes of at least 4 members (excludes halogenated alkanes) is 1. The quantitative estimate of drug-likeness (QED) is 0.532. The predicted octanol–water partition coefficient (Wildman–Crippen LogP) is 5.44. The van der Waals surface area contributed by atoms with Crippen LogP contribution in [0.25, 0.3) is 0 Å². The predicted molar refractivity (Wildman–Crippen MR) is 104 cm³/mol. The van der Waals surface area contributed by atoms with Crippen molar-refractivity contribution in [2.24, 2.45) is 0 Å². The van der Waals surface area contributed by atoms with E-state index in [9.17, 15) is 0 Å². The average molecular weight is 337 g/mol. The molecule has 3 nitrogen and oxygen atoms in total. The molecule has 132 valence electrons. The Kier molecular flexibility index (Phi) is 6.84. The van der Waals surface area contributed by atoms with Crippen molar-refractivity contribution in [2.75, 3.05) is 12.3 Å². The summed E-state index contributed by atoms with van der Waals surface area (Å²) in [5, 5.41) is 0.286. The molecule has 0 aliphatic rings. The first kappa shape index (κ1) is 20.2. The van der Waals surface area contributed by atoms with E-state index in [2.05, 4.69) is 59.6 Å². The topological polar surface area (TPSA) is 48.1 Å². The maximum absolute atomic E-state index is 6.24. The SMILES string of the molecule is Cc1c(CCCCO[Si](C)(C)C(C)(C)C)cnc(C(C)C)c1N. The lowest BCUT2D eigenvalue weighted by Crippen LogP contribution is -2.40. The van der Waals surface area contributed by atoms with Gasteiger partial charge >= 0.3 is 0 Å². The van der Waals surface area contributed by atoms with Crippen LogP contribution in [0.5, 0.6) is 0 Å². The standard InChI is InChI=1S/C19H36N2OSi/c1-14(2)18-17(20)15(3)16(13-21-18)11-9-10-12-22-23(7,8)19(4,5)6/h13-14H,9-12,20H2,1-8H3. The Bertz CT molecular complexity index is 519. The van der Waals surface area contributed by atoms with Crippen molar-refractivity contribution in [3.05, 3.63) is 23.0 Å². The van der Waals surface area contributed by atoms with Gasteiger partial charge in [0.2, 0.25) is 0 Å². The van der Waals surface area contributed by atoms with E-state index in [1.165, 1.54) is 11.1 Å². The Morgan fingerprint density at radius 2 is 1.83 bits per heavy atom. The summed E-state index contributed by atoms with van der Waals surface area (Å²) < 4.78 is 6.23. The largest absolute Gasteiger partial charge is 0.417 e. The number of hydrogen-bond donors (Lipinski definition) is 1. The van der Waals surface area contributed by atoms with Crippen LogP contribution in [0.1, 0.15) is 70.2 Å². The fourth-order valence-electron chi connectivity index (χ4n) is 2.35. The molecule has 0 saturated carbocycles. The Hall–Kier alpha value is -0.873. The number of aromatic nitrogens is 1. The van der Waals surface area contributed by atoms with Crippen molar-refractivity contribution in [3.63, 3.8) is 0 Å². The van der Waals surface area contributed by atoms with Gasteiger partial charge in [-0.15, -0.1) is 0 Å². The Balaban J connectivity index is 2.50. The number of pyridine rings is 1. The van der Waals surface area contributed by atoms with E-state index < -0.39 is 8.32 Å². The molecule has 0 spiro atoms. The zero-order valence-electron chi connectivity index (χ0n) is 16.4. The summed E-state index contributed by atoms with van der Waals surface area (Å²) in [6.45, 7) is 18.7. The van der Waals surface area contributed by atoms with Crippen molar-refractivity contribution >= 4 is 14.0 Å². The minimum absolute atomic E-state index is 0.286. The minimum atomic E-state index is -1.61. The lowest BCUT2D eigenvalue weighted by atomic mass is 9.99. The lowest BCUT2D eigenvalue weighted by Gasteiger charge is -2.36. The molecule has 0 aromatic carbocycles. The van der Waals surface area contributed by atoms with Crippen molar-refractivity contribution < 1.29 is 4.43 Å². The fraction of sp³-hybridized carbons (Fsp3) is 0.737. The molecule has 0 radical (unpaired) electrons. The van der Waals surface area contributed by atoms with Crippen LogP contribution in [0.4, 0.5) is 5.69 Å². The molecule has 0 aliphatic carbocycles. The number of nitrogens with two attached hydrogens (primary N) is 1. The van der Waals surface area contributed by atoms with Crippen LogP contribution in [0.3, 0.4) is 0 Å². The molecule has 2 N–H and O–H groups in total. The molecule has 0 fully saturated rings. The summed E-state index contributed by atoms with van der Waals surface area (Å²) >= 11 is 0. The molecule has 1 heterocycles. The fourth-order valence-corrected chi connectivity index (χ4v) is 3.44. The van der Waals surface area contributed by atoms with E-state index in [0.717, 1.165) is 37.3 Å². The van der Waals surface area contributed by atoms with Crippen LogP contribution < -0.4 is 5.73 Å². The average Bonchev–Trinajstić information content (AvgIpc) is 2.41. The molecule has 0 amide bonds. The number of hydrogen-bond acceptors (Lipinski definition) is 3. The second kappa shape index (κ2) is 7.80. The summed E-state index contributed by atoms with van der Waals surface area (Å²) in [4.78, 5) is 4.56. The molecular weight excluding hydrogens is 300 g/mol. The third-order valence-corrected chi connectivity index (χ3v) is 9.72. The first-order chi connectivity index (χ1) is 10.5. The van der Waals surface area contributed by atoms with Gasteiger partial charge in [-0.1, -0.05) is 34.6 Å². The number of anilines is 1. The van der Waals surface area contributed by atoms with E-state index in [0.29, 0.717) is 5.92 Å². The van der Waals surface area contributed by atoms with Gasteiger partial charge in [0.1, 0.15) is 0 Å². The number of aryl methyl sites for hydroxylation is 1. The monoisotopic (exact) mass is 336 g/mol. The maximum Gasteiger partial charge on any atom is 0.191 e. The van der Waals surface area contributed by atoms with Gasteiger partial charge in [-0.3, -0.25) is 4.98 Å². The van der Waals surface area contributed by atoms with E-state index >= 15 is 0 Å². The summed E-state index contributed by atoms with van der Waals surface area (Å²) in [5.41, 5.74) is 10.6. The second-order valence-electron chi connectivity index (χ2n) is 8.43. The summed E-state index contributed by atoms with van der Waals surface area (Å²) in [5.74, 6) is 0.376. The van der Waals surface area contributed by atoms with E-state index in [4.69, 9.17) is 10.2 Å². The molecule has 4 heteroatoms. The zero-order valence-corrected chi connectivity index (χ0v) is 17.4. The summed E-state index contributed by atoms with van der Waals surface area (Å²) in [7, 11) is -1.61. The number of nitrogen functional groups attached to an aromatic ring is 1. The highest BCUT2D eigenvalue weighted by Crippen LogP contribution is 2.36. The molecule has 23 heavy (non-hydrogen) atoms. The molecule has 0 unspecified atom stereocenters. The summed E-state index contributed by atoms with van der Waals surface area (Å²) in [6, 6.07) is 0. The highest BCUT2D eigenvalue weighted by Gasteiger charge is 2.36. The van der Waals surface area contributed by atoms with Gasteiger partial charge in [0, 0.05) is 12.8 Å². The molecule has 1 rings (SSSR count). The minimum Gasteiger partial charge on any atom is -0.417 e. The smallest absolute Gasteiger partial charge is 0.191 e. The molecule has 0 atom stereocenters. The first-order valence-electron chi connectivity index (χ1n) is 8.85. The van der Waals surface area contributed by atoms with Crippen molar-refractivity contribution in [3.8, 4) is 0 Å². The van der Waals surface area contributed by atoms with Gasteiger partial charge in [0.05, 0.1) is 11.4 Å². The lowest BCUT2D eigenvalue weighted by molar-refractivity contribution is 0.279. The van der Waals surface area contributed by atoms with Gasteiger partial charge in [0.15, 0.2) is 8.32 Å². The highest BCUT2D eigenvalue weighted by atomic mass is 28.4. The Labute approximate surface area is 144 Å². The second-order valence-corrected chi connectivity index (χ2v) is 13.2. The first-order valence-corrected chi connectivity index (χ1v) is 11.8. The van der Waals surface area contributed by atoms with E-state index in [1.54, 1.807) is 0 Å². The van der Waals surface area contributed by atoms with Crippen LogP contribution in [0.2, 0.25) is 18.1 Å². The molecule has 0 saturated heterocycles. The van der Waals surface area contributed by atoms with Gasteiger partial charge in [-0.2, -0.15) is 0 Å². The van der Waals surface area contributed by atoms with Crippen molar-refractivity contribution in [1.29, 1.82) is 0 Å². The van der Waals surface area contributed by atoms with Gasteiger partial charge in [0.25, 0.3) is 0 Å². The van der Waals surface area contributed by atoms with Gasteiger partial charge in [-0.25, -0.2) is 0 Å². The van der Waals surface area contributed by atoms with Crippen LogP contribution in [-0.2, 0) is 10.8 Å². The van der Waals surface area contributed by atoms with Crippen LogP contribution in [0.15, 0.2) is 6.20 Å². The van der Waals surface area contributed by atoms with Crippen molar-refractivity contribution in [1.82, 2.24) is 4.98 Å². The third-order valence-electron chi connectivity index (χ3n) is 5.18. The van der Waals surface area contributed by atoms with Crippen LogP contribution in [0, 0.1) is 6.92 Å². The normalized spacial score (nSPS) is 12.9. The van der Waals surface area contributed by atoms with Crippen LogP contribution in [-0.4, -0.2) is 19.9 Å². The number of rotatable bonds is 7. The molecule has 0 bridgehead atoms. The number of nitrogens with zero attached hydrogens (tertiary/aromatic N) is 1. The Morgan fingerprint density at radius 3 is 2.35 bits per heavy atom. The van der Waals surface area contributed by atoms with Crippen molar-refractivity contribution in [2.45, 2.75) is 84.9 Å².